The Kier molecular flexibility index (Phi) is 5.61. The third-order valence-corrected chi connectivity index (χ3v) is 5.15. The Hall–Kier alpha value is -4.73. The van der Waals surface area contributed by atoms with Crippen molar-refractivity contribution in [1.82, 2.24) is 20.2 Å². The number of fused-ring (bicyclic) bond motifs is 1. The summed E-state index contributed by atoms with van der Waals surface area (Å²) in [5.41, 5.74) is 0.867. The molecule has 7 nitrogen and oxygen atoms in total. The fourth-order valence-corrected chi connectivity index (χ4v) is 3.52. The highest BCUT2D eigenvalue weighted by molar-refractivity contribution is 6.11. The molecule has 0 saturated heterocycles. The number of H-pyrrole nitrogens is 1. The number of alkyl halides is 3. The van der Waals surface area contributed by atoms with Gasteiger partial charge in [-0.05, 0) is 48.0 Å². The molecule has 0 spiro atoms. The van der Waals surface area contributed by atoms with Crippen LogP contribution in [0.4, 0.5) is 19.0 Å². The van der Waals surface area contributed by atoms with Crippen LogP contribution in [0.25, 0.3) is 22.0 Å². The number of pyridine rings is 2. The van der Waals surface area contributed by atoms with Gasteiger partial charge in [0.15, 0.2) is 5.69 Å². The summed E-state index contributed by atoms with van der Waals surface area (Å²) in [6.45, 7) is 0. The van der Waals surface area contributed by atoms with Crippen LogP contribution in [0.2, 0.25) is 0 Å². The van der Waals surface area contributed by atoms with E-state index in [2.05, 4.69) is 25.5 Å². The summed E-state index contributed by atoms with van der Waals surface area (Å²) in [7, 11) is 0. The third kappa shape index (κ3) is 4.67. The highest BCUT2D eigenvalue weighted by atomic mass is 19.4. The molecule has 0 aliphatic rings. The monoisotopic (exact) mass is 475 g/mol. The lowest BCUT2D eigenvalue weighted by Gasteiger charge is -2.11. The van der Waals surface area contributed by atoms with Crippen LogP contribution in [-0.4, -0.2) is 26.1 Å². The maximum absolute atomic E-state index is 13.3. The van der Waals surface area contributed by atoms with E-state index in [-0.39, 0.29) is 5.69 Å². The van der Waals surface area contributed by atoms with Crippen LogP contribution in [0.1, 0.15) is 16.1 Å². The average molecular weight is 475 g/mol. The van der Waals surface area contributed by atoms with Gasteiger partial charge < -0.3 is 10.1 Å². The number of aromatic nitrogens is 4. The number of nitrogens with one attached hydrogen (secondary N) is 2. The molecule has 5 rings (SSSR count). The minimum Gasteiger partial charge on any atom is -0.456 e. The SMILES string of the molecule is O=C(Nc1ncccc1C(F)(F)F)c1n[nH]c2ccc(-c3cncc(Oc4ccccc4)c3)cc12. The number of benzene rings is 2. The highest BCUT2D eigenvalue weighted by Gasteiger charge is 2.34. The van der Waals surface area contributed by atoms with Crippen molar-refractivity contribution in [3.8, 4) is 22.6 Å². The van der Waals surface area contributed by atoms with Gasteiger partial charge in [0.1, 0.15) is 17.3 Å². The van der Waals surface area contributed by atoms with Gasteiger partial charge in [-0.1, -0.05) is 24.3 Å². The molecule has 174 valence electrons. The number of aromatic amines is 1. The molecular formula is C25H16F3N5O2. The number of rotatable bonds is 5. The number of para-hydroxylation sites is 1. The van der Waals surface area contributed by atoms with Crippen molar-refractivity contribution in [2.24, 2.45) is 0 Å². The quantitative estimate of drug-likeness (QED) is 0.321. The standard InChI is InChI=1S/C25H16F3N5O2/c26-25(27,28)20-7-4-10-30-23(20)31-24(34)22-19-12-15(8-9-21(19)32-33-22)16-11-18(14-29-13-16)35-17-5-2-1-3-6-17/h1-14H,(H,32,33)(H,30,31,34). The van der Waals surface area contributed by atoms with E-state index < -0.39 is 23.5 Å². The zero-order valence-electron chi connectivity index (χ0n) is 17.9. The summed E-state index contributed by atoms with van der Waals surface area (Å²) in [5.74, 6) is -0.235. The molecule has 2 N–H and O–H groups in total. The molecule has 3 heterocycles. The molecule has 0 unspecified atom stereocenters. The van der Waals surface area contributed by atoms with E-state index in [1.165, 1.54) is 6.20 Å². The fourth-order valence-electron chi connectivity index (χ4n) is 3.52. The predicted molar refractivity (Wildman–Crippen MR) is 123 cm³/mol. The number of anilines is 1. The first-order chi connectivity index (χ1) is 16.9. The van der Waals surface area contributed by atoms with E-state index in [4.69, 9.17) is 4.74 Å². The van der Waals surface area contributed by atoms with Gasteiger partial charge in [0.25, 0.3) is 5.91 Å². The zero-order chi connectivity index (χ0) is 24.4. The van der Waals surface area contributed by atoms with Crippen LogP contribution in [0, 0.1) is 0 Å². The topological polar surface area (TPSA) is 92.8 Å². The molecule has 1 amide bonds. The number of amides is 1. The van der Waals surface area contributed by atoms with E-state index in [1.54, 1.807) is 30.6 Å². The molecular weight excluding hydrogens is 459 g/mol. The molecule has 3 aromatic heterocycles. The van der Waals surface area contributed by atoms with Crippen molar-refractivity contribution in [2.75, 3.05) is 5.32 Å². The Morgan fingerprint density at radius 1 is 0.914 bits per heavy atom. The van der Waals surface area contributed by atoms with E-state index in [0.29, 0.717) is 28.0 Å². The number of carbonyl (C=O) groups is 1. The Bertz CT molecular complexity index is 1520. The molecule has 0 bridgehead atoms. The maximum Gasteiger partial charge on any atom is 0.419 e. The Morgan fingerprint density at radius 2 is 1.74 bits per heavy atom. The number of hydrogen-bond donors (Lipinski definition) is 2. The van der Waals surface area contributed by atoms with E-state index >= 15 is 0 Å². The van der Waals surface area contributed by atoms with Gasteiger partial charge in [-0.2, -0.15) is 18.3 Å². The van der Waals surface area contributed by atoms with E-state index in [0.717, 1.165) is 17.7 Å². The summed E-state index contributed by atoms with van der Waals surface area (Å²) in [4.78, 5) is 20.7. The second-order valence-corrected chi connectivity index (χ2v) is 7.51. The van der Waals surface area contributed by atoms with Crippen molar-refractivity contribution >= 4 is 22.6 Å². The summed E-state index contributed by atoms with van der Waals surface area (Å²) in [6, 6.07) is 18.3. The first kappa shape index (κ1) is 22.1. The number of hydrogen-bond acceptors (Lipinski definition) is 5. The lowest BCUT2D eigenvalue weighted by atomic mass is 10.0. The van der Waals surface area contributed by atoms with Gasteiger partial charge in [-0.25, -0.2) is 4.98 Å². The van der Waals surface area contributed by atoms with Crippen molar-refractivity contribution in [3.63, 3.8) is 0 Å². The number of carbonyl (C=O) groups excluding carboxylic acids is 1. The molecule has 0 saturated carbocycles. The molecule has 0 fully saturated rings. The van der Waals surface area contributed by atoms with E-state index in [1.807, 2.05) is 36.4 Å². The van der Waals surface area contributed by atoms with Gasteiger partial charge in [-0.3, -0.25) is 14.9 Å². The van der Waals surface area contributed by atoms with Gasteiger partial charge in [-0.15, -0.1) is 0 Å². The average Bonchev–Trinajstić information content (AvgIpc) is 3.28. The predicted octanol–water partition coefficient (Wildman–Crippen LogP) is 6.08. The summed E-state index contributed by atoms with van der Waals surface area (Å²) < 4.78 is 45.7. The second-order valence-electron chi connectivity index (χ2n) is 7.51. The van der Waals surface area contributed by atoms with Crippen LogP contribution in [0.3, 0.4) is 0 Å². The van der Waals surface area contributed by atoms with E-state index in [9.17, 15) is 18.0 Å². The van der Waals surface area contributed by atoms with Gasteiger partial charge >= 0.3 is 6.18 Å². The normalized spacial score (nSPS) is 11.4. The Labute approximate surface area is 196 Å². The Balaban J connectivity index is 1.45. The second kappa shape index (κ2) is 8.90. The number of ether oxygens (including phenoxy) is 1. The molecule has 0 radical (unpaired) electrons. The third-order valence-electron chi connectivity index (χ3n) is 5.15. The highest BCUT2D eigenvalue weighted by Crippen LogP contribution is 2.34. The van der Waals surface area contributed by atoms with Crippen molar-refractivity contribution in [1.29, 1.82) is 0 Å². The van der Waals surface area contributed by atoms with Crippen molar-refractivity contribution in [2.45, 2.75) is 6.18 Å². The molecule has 5 aromatic rings. The van der Waals surface area contributed by atoms with Gasteiger partial charge in [0.2, 0.25) is 0 Å². The van der Waals surface area contributed by atoms with Crippen LogP contribution < -0.4 is 10.1 Å². The fraction of sp³-hybridized carbons (Fsp3) is 0.0400. The lowest BCUT2D eigenvalue weighted by molar-refractivity contribution is -0.137. The minimum atomic E-state index is -4.67. The first-order valence-electron chi connectivity index (χ1n) is 10.4. The van der Waals surface area contributed by atoms with Crippen LogP contribution in [-0.2, 0) is 6.18 Å². The smallest absolute Gasteiger partial charge is 0.419 e. The lowest BCUT2D eigenvalue weighted by Crippen LogP contribution is -2.18. The van der Waals surface area contributed by atoms with Crippen LogP contribution >= 0.6 is 0 Å². The minimum absolute atomic E-state index is 0.0646. The van der Waals surface area contributed by atoms with Crippen molar-refractivity contribution in [3.05, 3.63) is 96.6 Å². The number of halogens is 3. The molecule has 10 heteroatoms. The summed E-state index contributed by atoms with van der Waals surface area (Å²) >= 11 is 0. The van der Waals surface area contributed by atoms with Crippen molar-refractivity contribution < 1.29 is 22.7 Å². The van der Waals surface area contributed by atoms with Gasteiger partial charge in [0.05, 0.1) is 17.3 Å². The maximum atomic E-state index is 13.3. The molecule has 0 aliphatic carbocycles. The molecule has 0 aliphatic heterocycles. The van der Waals surface area contributed by atoms with Crippen LogP contribution in [0.15, 0.2) is 85.3 Å². The molecule has 35 heavy (non-hydrogen) atoms. The molecule has 0 atom stereocenters. The summed E-state index contributed by atoms with van der Waals surface area (Å²) in [5, 5.41) is 9.39. The number of nitrogens with zero attached hydrogens (tertiary/aromatic N) is 3. The first-order valence-corrected chi connectivity index (χ1v) is 10.4. The summed E-state index contributed by atoms with van der Waals surface area (Å²) in [6.07, 6.45) is -0.278. The van der Waals surface area contributed by atoms with Gasteiger partial charge in [0, 0.05) is 23.3 Å². The van der Waals surface area contributed by atoms with Crippen LogP contribution in [0.5, 0.6) is 11.5 Å². The Morgan fingerprint density at radius 3 is 2.54 bits per heavy atom. The zero-order valence-corrected chi connectivity index (χ0v) is 17.9. The largest absolute Gasteiger partial charge is 0.456 e. The molecule has 2 aromatic carbocycles.